The van der Waals surface area contributed by atoms with Crippen molar-refractivity contribution in [2.24, 2.45) is 5.41 Å². The fourth-order valence-corrected chi connectivity index (χ4v) is 1.04. The number of amides is 1. The number of hydrogen-bond acceptors (Lipinski definition) is 1. The SMILES string of the molecule is CCNC(=O)CC1(C)CC1. The van der Waals surface area contributed by atoms with Gasteiger partial charge in [0.05, 0.1) is 0 Å². The van der Waals surface area contributed by atoms with E-state index < -0.39 is 0 Å². The molecule has 1 fully saturated rings. The molecule has 1 aliphatic rings. The Morgan fingerprint density at radius 3 is 2.60 bits per heavy atom. The Balaban J connectivity index is 2.18. The normalized spacial score (nSPS) is 20.2. The molecule has 0 aromatic carbocycles. The van der Waals surface area contributed by atoms with E-state index in [0.29, 0.717) is 5.41 Å². The van der Waals surface area contributed by atoms with Crippen molar-refractivity contribution in [2.45, 2.75) is 33.1 Å². The minimum Gasteiger partial charge on any atom is -0.356 e. The third-order valence-electron chi connectivity index (χ3n) is 2.06. The summed E-state index contributed by atoms with van der Waals surface area (Å²) in [5, 5.41) is 2.80. The molecule has 0 spiro atoms. The summed E-state index contributed by atoms with van der Waals surface area (Å²) in [4.78, 5) is 11.0. The maximum atomic E-state index is 11.0. The van der Waals surface area contributed by atoms with E-state index >= 15 is 0 Å². The molecule has 1 N–H and O–H groups in total. The van der Waals surface area contributed by atoms with Crippen LogP contribution >= 0.6 is 0 Å². The van der Waals surface area contributed by atoms with Gasteiger partial charge in [0, 0.05) is 13.0 Å². The molecule has 2 heteroatoms. The van der Waals surface area contributed by atoms with Crippen molar-refractivity contribution in [2.75, 3.05) is 6.54 Å². The average molecular weight is 141 g/mol. The van der Waals surface area contributed by atoms with Gasteiger partial charge in [0.2, 0.25) is 5.91 Å². The molecule has 0 heterocycles. The first kappa shape index (κ1) is 7.58. The lowest BCUT2D eigenvalue weighted by Crippen LogP contribution is -2.24. The third kappa shape index (κ3) is 2.01. The molecular weight excluding hydrogens is 126 g/mol. The zero-order valence-corrected chi connectivity index (χ0v) is 6.74. The first-order chi connectivity index (χ1) is 4.66. The van der Waals surface area contributed by atoms with Crippen molar-refractivity contribution < 1.29 is 4.79 Å². The predicted molar refractivity (Wildman–Crippen MR) is 40.6 cm³/mol. The van der Waals surface area contributed by atoms with Crippen LogP contribution < -0.4 is 5.32 Å². The van der Waals surface area contributed by atoms with Crippen molar-refractivity contribution in [1.82, 2.24) is 5.32 Å². The van der Waals surface area contributed by atoms with Crippen LogP contribution in [0.15, 0.2) is 0 Å². The molecule has 1 saturated carbocycles. The molecule has 10 heavy (non-hydrogen) atoms. The summed E-state index contributed by atoms with van der Waals surface area (Å²) in [5.41, 5.74) is 0.360. The van der Waals surface area contributed by atoms with Gasteiger partial charge in [0.15, 0.2) is 0 Å². The molecule has 1 aliphatic carbocycles. The monoisotopic (exact) mass is 141 g/mol. The van der Waals surface area contributed by atoms with Crippen LogP contribution in [-0.2, 0) is 4.79 Å². The van der Waals surface area contributed by atoms with Gasteiger partial charge in [0.25, 0.3) is 0 Å². The highest BCUT2D eigenvalue weighted by atomic mass is 16.1. The van der Waals surface area contributed by atoms with Crippen molar-refractivity contribution >= 4 is 5.91 Å². The second kappa shape index (κ2) is 2.60. The summed E-state index contributed by atoms with van der Waals surface area (Å²) >= 11 is 0. The minimum atomic E-state index is 0.211. The van der Waals surface area contributed by atoms with Crippen molar-refractivity contribution in [1.29, 1.82) is 0 Å². The number of hydrogen-bond donors (Lipinski definition) is 1. The molecule has 0 aliphatic heterocycles. The van der Waals surface area contributed by atoms with Gasteiger partial charge in [-0.05, 0) is 25.2 Å². The van der Waals surface area contributed by atoms with E-state index in [1.165, 1.54) is 12.8 Å². The first-order valence-corrected chi connectivity index (χ1v) is 3.93. The molecular formula is C8H15NO. The molecule has 0 aromatic heterocycles. The smallest absolute Gasteiger partial charge is 0.220 e. The fourth-order valence-electron chi connectivity index (χ4n) is 1.04. The Morgan fingerprint density at radius 1 is 1.60 bits per heavy atom. The fraction of sp³-hybridized carbons (Fsp3) is 0.875. The van der Waals surface area contributed by atoms with Crippen LogP contribution in [0, 0.1) is 5.41 Å². The minimum absolute atomic E-state index is 0.211. The lowest BCUT2D eigenvalue weighted by Gasteiger charge is -2.06. The topological polar surface area (TPSA) is 29.1 Å². The van der Waals surface area contributed by atoms with Gasteiger partial charge in [-0.3, -0.25) is 4.79 Å². The second-order valence-corrected chi connectivity index (χ2v) is 3.44. The molecule has 58 valence electrons. The zero-order valence-electron chi connectivity index (χ0n) is 6.74. The van der Waals surface area contributed by atoms with Gasteiger partial charge >= 0.3 is 0 Å². The largest absolute Gasteiger partial charge is 0.356 e. The molecule has 2 nitrogen and oxygen atoms in total. The van der Waals surface area contributed by atoms with Gasteiger partial charge in [-0.1, -0.05) is 6.92 Å². The Bertz CT molecular complexity index is 138. The molecule has 0 bridgehead atoms. The molecule has 0 radical (unpaired) electrons. The Hall–Kier alpha value is -0.530. The summed E-state index contributed by atoms with van der Waals surface area (Å²) in [6.45, 7) is 4.88. The van der Waals surface area contributed by atoms with Crippen molar-refractivity contribution in [3.63, 3.8) is 0 Å². The Kier molecular flexibility index (Phi) is 1.97. The highest BCUT2D eigenvalue weighted by Crippen LogP contribution is 2.47. The Labute approximate surface area is 62.0 Å². The van der Waals surface area contributed by atoms with Crippen LogP contribution in [0.3, 0.4) is 0 Å². The maximum absolute atomic E-state index is 11.0. The van der Waals surface area contributed by atoms with E-state index in [2.05, 4.69) is 12.2 Å². The standard InChI is InChI=1S/C8H15NO/c1-3-9-7(10)6-8(2)4-5-8/h3-6H2,1-2H3,(H,9,10). The number of rotatable bonds is 3. The van der Waals surface area contributed by atoms with E-state index in [-0.39, 0.29) is 5.91 Å². The van der Waals surface area contributed by atoms with Crippen LogP contribution in [0.25, 0.3) is 0 Å². The summed E-state index contributed by atoms with van der Waals surface area (Å²) in [6, 6.07) is 0. The van der Waals surface area contributed by atoms with Gasteiger partial charge in [0.1, 0.15) is 0 Å². The van der Waals surface area contributed by atoms with Crippen LogP contribution in [0.4, 0.5) is 0 Å². The van der Waals surface area contributed by atoms with Gasteiger partial charge in [-0.15, -0.1) is 0 Å². The molecule has 0 saturated heterocycles. The summed E-state index contributed by atoms with van der Waals surface area (Å²) < 4.78 is 0. The van der Waals surface area contributed by atoms with Crippen molar-refractivity contribution in [3.8, 4) is 0 Å². The van der Waals surface area contributed by atoms with Gasteiger partial charge in [-0.2, -0.15) is 0 Å². The molecule has 1 rings (SSSR count). The Morgan fingerprint density at radius 2 is 2.20 bits per heavy atom. The van der Waals surface area contributed by atoms with Gasteiger partial charge in [-0.25, -0.2) is 0 Å². The number of nitrogens with one attached hydrogen (secondary N) is 1. The maximum Gasteiger partial charge on any atom is 0.220 e. The van der Waals surface area contributed by atoms with E-state index in [1.807, 2.05) is 6.92 Å². The highest BCUT2D eigenvalue weighted by molar-refractivity contribution is 5.76. The summed E-state index contributed by atoms with van der Waals surface area (Å²) in [6.07, 6.45) is 3.18. The lowest BCUT2D eigenvalue weighted by atomic mass is 10.1. The number of carbonyl (C=O) groups excluding carboxylic acids is 1. The highest BCUT2D eigenvalue weighted by Gasteiger charge is 2.38. The molecule has 1 amide bonds. The molecule has 0 aromatic rings. The first-order valence-electron chi connectivity index (χ1n) is 3.93. The summed E-state index contributed by atoms with van der Waals surface area (Å²) in [7, 11) is 0. The predicted octanol–water partition coefficient (Wildman–Crippen LogP) is 1.31. The quantitative estimate of drug-likeness (QED) is 0.631. The number of carbonyl (C=O) groups is 1. The molecule has 0 atom stereocenters. The average Bonchev–Trinajstić information content (AvgIpc) is 2.48. The van der Waals surface area contributed by atoms with E-state index in [1.54, 1.807) is 0 Å². The van der Waals surface area contributed by atoms with E-state index in [0.717, 1.165) is 13.0 Å². The summed E-state index contributed by atoms with van der Waals surface area (Å²) in [5.74, 6) is 0.211. The van der Waals surface area contributed by atoms with E-state index in [9.17, 15) is 4.79 Å². The second-order valence-electron chi connectivity index (χ2n) is 3.44. The molecule has 0 unspecified atom stereocenters. The van der Waals surface area contributed by atoms with Crippen LogP contribution in [0.2, 0.25) is 0 Å². The third-order valence-corrected chi connectivity index (χ3v) is 2.06. The van der Waals surface area contributed by atoms with Crippen LogP contribution in [-0.4, -0.2) is 12.5 Å². The van der Waals surface area contributed by atoms with Crippen molar-refractivity contribution in [3.05, 3.63) is 0 Å². The van der Waals surface area contributed by atoms with Crippen LogP contribution in [0.5, 0.6) is 0 Å². The van der Waals surface area contributed by atoms with Crippen LogP contribution in [0.1, 0.15) is 33.1 Å². The van der Waals surface area contributed by atoms with Gasteiger partial charge < -0.3 is 5.32 Å². The zero-order chi connectivity index (χ0) is 7.61. The lowest BCUT2D eigenvalue weighted by molar-refractivity contribution is -0.122. The van der Waals surface area contributed by atoms with E-state index in [4.69, 9.17) is 0 Å².